The van der Waals surface area contributed by atoms with Gasteiger partial charge in [-0.05, 0) is 6.92 Å². The van der Waals surface area contributed by atoms with E-state index in [4.69, 9.17) is 0 Å². The van der Waals surface area contributed by atoms with Crippen molar-refractivity contribution >= 4 is 5.91 Å². The largest absolute Gasteiger partial charge is 0.342 e. The van der Waals surface area contributed by atoms with Gasteiger partial charge in [0.15, 0.2) is 0 Å². The standard InChI is InChI=1S/C4H8N2O/c1-3-4(7)6-2-5-3/h3,5H,2H2,1H3,(H,6,7)/t3-/m0/s1. The van der Waals surface area contributed by atoms with Crippen molar-refractivity contribution in [3.05, 3.63) is 0 Å². The van der Waals surface area contributed by atoms with Crippen LogP contribution >= 0.6 is 0 Å². The van der Waals surface area contributed by atoms with E-state index in [0.29, 0.717) is 6.67 Å². The molecule has 3 nitrogen and oxygen atoms in total. The van der Waals surface area contributed by atoms with E-state index in [9.17, 15) is 4.79 Å². The lowest BCUT2D eigenvalue weighted by molar-refractivity contribution is -0.120. The van der Waals surface area contributed by atoms with E-state index in [0.717, 1.165) is 0 Å². The normalized spacial score (nSPS) is 30.4. The molecule has 1 aliphatic rings. The lowest BCUT2D eigenvalue weighted by Gasteiger charge is -1.91. The first-order chi connectivity index (χ1) is 3.30. The number of hydrogen-bond acceptors (Lipinski definition) is 2. The summed E-state index contributed by atoms with van der Waals surface area (Å²) < 4.78 is 0. The van der Waals surface area contributed by atoms with Crippen LogP contribution in [0.4, 0.5) is 0 Å². The molecule has 2 N–H and O–H groups in total. The van der Waals surface area contributed by atoms with E-state index in [1.165, 1.54) is 0 Å². The summed E-state index contributed by atoms with van der Waals surface area (Å²) in [6, 6.07) is 0.0139. The molecule has 1 saturated heterocycles. The molecule has 1 heterocycles. The number of carbonyl (C=O) groups excluding carboxylic acids is 1. The second-order valence-electron chi connectivity index (χ2n) is 1.64. The summed E-state index contributed by atoms with van der Waals surface area (Å²) >= 11 is 0. The van der Waals surface area contributed by atoms with Crippen LogP contribution in [0.25, 0.3) is 0 Å². The molecule has 0 bridgehead atoms. The maximum absolute atomic E-state index is 10.4. The van der Waals surface area contributed by atoms with Gasteiger partial charge in [0.2, 0.25) is 5.91 Å². The summed E-state index contributed by atoms with van der Waals surface area (Å²) in [7, 11) is 0. The summed E-state index contributed by atoms with van der Waals surface area (Å²) in [6.07, 6.45) is 0. The Hall–Kier alpha value is -0.570. The first-order valence-electron chi connectivity index (χ1n) is 2.32. The van der Waals surface area contributed by atoms with Gasteiger partial charge in [-0.2, -0.15) is 0 Å². The molecule has 40 valence electrons. The van der Waals surface area contributed by atoms with Gasteiger partial charge in [-0.1, -0.05) is 0 Å². The molecular formula is C4H8N2O. The van der Waals surface area contributed by atoms with Gasteiger partial charge in [-0.3, -0.25) is 10.1 Å². The van der Waals surface area contributed by atoms with Crippen LogP contribution in [0.15, 0.2) is 0 Å². The number of hydrogen-bond donors (Lipinski definition) is 2. The Bertz CT molecular complexity index is 91.7. The van der Waals surface area contributed by atoms with Crippen LogP contribution in [0.2, 0.25) is 0 Å². The zero-order valence-corrected chi connectivity index (χ0v) is 4.19. The molecule has 3 heteroatoms. The first-order valence-corrected chi connectivity index (χ1v) is 2.32. The Labute approximate surface area is 42.1 Å². The Morgan fingerprint density at radius 2 is 2.57 bits per heavy atom. The molecule has 0 aromatic heterocycles. The molecule has 1 aliphatic heterocycles. The lowest BCUT2D eigenvalue weighted by Crippen LogP contribution is -2.23. The number of nitrogens with one attached hydrogen (secondary N) is 2. The molecular weight excluding hydrogens is 92.1 g/mol. The van der Waals surface area contributed by atoms with Gasteiger partial charge in [-0.25, -0.2) is 0 Å². The molecule has 0 aromatic carbocycles. The van der Waals surface area contributed by atoms with Crippen LogP contribution in [0.1, 0.15) is 6.92 Å². The third-order valence-electron chi connectivity index (χ3n) is 1.06. The van der Waals surface area contributed by atoms with Gasteiger partial charge in [0.1, 0.15) is 0 Å². The third kappa shape index (κ3) is 0.718. The van der Waals surface area contributed by atoms with Gasteiger partial charge in [0.05, 0.1) is 12.7 Å². The monoisotopic (exact) mass is 100 g/mol. The van der Waals surface area contributed by atoms with E-state index in [2.05, 4.69) is 10.6 Å². The summed E-state index contributed by atoms with van der Waals surface area (Å²) in [5, 5.41) is 5.53. The Morgan fingerprint density at radius 3 is 2.71 bits per heavy atom. The summed E-state index contributed by atoms with van der Waals surface area (Å²) in [5.41, 5.74) is 0. The molecule has 7 heavy (non-hydrogen) atoms. The zero-order chi connectivity index (χ0) is 5.28. The van der Waals surface area contributed by atoms with Crippen molar-refractivity contribution < 1.29 is 4.79 Å². The van der Waals surface area contributed by atoms with Gasteiger partial charge in [0, 0.05) is 0 Å². The van der Waals surface area contributed by atoms with Crippen molar-refractivity contribution in [2.45, 2.75) is 13.0 Å². The second-order valence-corrected chi connectivity index (χ2v) is 1.64. The number of rotatable bonds is 0. The van der Waals surface area contributed by atoms with E-state index in [1.807, 2.05) is 6.92 Å². The van der Waals surface area contributed by atoms with Crippen molar-refractivity contribution in [1.82, 2.24) is 10.6 Å². The van der Waals surface area contributed by atoms with Crippen molar-refractivity contribution in [3.63, 3.8) is 0 Å². The summed E-state index contributed by atoms with van der Waals surface area (Å²) in [4.78, 5) is 10.4. The van der Waals surface area contributed by atoms with Crippen molar-refractivity contribution in [2.75, 3.05) is 6.67 Å². The highest BCUT2D eigenvalue weighted by Crippen LogP contribution is 1.84. The van der Waals surface area contributed by atoms with Crippen LogP contribution in [0, 0.1) is 0 Å². The van der Waals surface area contributed by atoms with Crippen LogP contribution in [-0.4, -0.2) is 18.6 Å². The van der Waals surface area contributed by atoms with Crippen LogP contribution < -0.4 is 10.6 Å². The van der Waals surface area contributed by atoms with Crippen LogP contribution in [0.3, 0.4) is 0 Å². The molecule has 1 atom stereocenters. The topological polar surface area (TPSA) is 41.1 Å². The smallest absolute Gasteiger partial charge is 0.237 e. The Morgan fingerprint density at radius 1 is 1.86 bits per heavy atom. The number of amides is 1. The van der Waals surface area contributed by atoms with Crippen LogP contribution in [-0.2, 0) is 4.79 Å². The van der Waals surface area contributed by atoms with Gasteiger partial charge < -0.3 is 5.32 Å². The molecule has 0 aromatic rings. The molecule has 1 rings (SSSR count). The van der Waals surface area contributed by atoms with Crippen molar-refractivity contribution in [2.24, 2.45) is 0 Å². The fourth-order valence-electron chi connectivity index (χ4n) is 0.537. The highest BCUT2D eigenvalue weighted by Gasteiger charge is 2.16. The first kappa shape index (κ1) is 4.59. The highest BCUT2D eigenvalue weighted by molar-refractivity contribution is 5.82. The van der Waals surface area contributed by atoms with E-state index in [1.54, 1.807) is 0 Å². The summed E-state index contributed by atoms with van der Waals surface area (Å²) in [6.45, 7) is 2.46. The molecule has 0 unspecified atom stereocenters. The summed E-state index contributed by atoms with van der Waals surface area (Å²) in [5.74, 6) is 0.0972. The second kappa shape index (κ2) is 1.50. The minimum atomic E-state index is 0.0139. The molecule has 0 radical (unpaired) electrons. The average molecular weight is 100 g/mol. The molecule has 0 spiro atoms. The minimum absolute atomic E-state index is 0.0139. The van der Waals surface area contributed by atoms with Gasteiger partial charge in [-0.15, -0.1) is 0 Å². The quantitative estimate of drug-likeness (QED) is 0.412. The third-order valence-corrected chi connectivity index (χ3v) is 1.06. The predicted molar refractivity (Wildman–Crippen MR) is 25.6 cm³/mol. The van der Waals surface area contributed by atoms with Gasteiger partial charge in [0.25, 0.3) is 0 Å². The van der Waals surface area contributed by atoms with Crippen LogP contribution in [0.5, 0.6) is 0 Å². The maximum atomic E-state index is 10.4. The SMILES string of the molecule is C[C@@H]1NCNC1=O. The lowest BCUT2D eigenvalue weighted by atomic mass is 10.4. The van der Waals surface area contributed by atoms with E-state index < -0.39 is 0 Å². The molecule has 1 fully saturated rings. The molecule has 0 aliphatic carbocycles. The minimum Gasteiger partial charge on any atom is -0.342 e. The maximum Gasteiger partial charge on any atom is 0.237 e. The fourth-order valence-corrected chi connectivity index (χ4v) is 0.537. The molecule has 1 amide bonds. The van der Waals surface area contributed by atoms with E-state index in [-0.39, 0.29) is 11.9 Å². The van der Waals surface area contributed by atoms with Gasteiger partial charge >= 0.3 is 0 Å². The fraction of sp³-hybridized carbons (Fsp3) is 0.750. The van der Waals surface area contributed by atoms with Crippen molar-refractivity contribution in [1.29, 1.82) is 0 Å². The zero-order valence-electron chi connectivity index (χ0n) is 4.19. The van der Waals surface area contributed by atoms with E-state index >= 15 is 0 Å². The number of carbonyl (C=O) groups is 1. The van der Waals surface area contributed by atoms with Crippen molar-refractivity contribution in [3.8, 4) is 0 Å². The average Bonchev–Trinajstić information content (AvgIpc) is 1.91. The molecule has 0 saturated carbocycles. The Kier molecular flexibility index (Phi) is 0.982. The predicted octanol–water partition coefficient (Wildman–Crippen LogP) is -0.948. The highest BCUT2D eigenvalue weighted by atomic mass is 16.2. The Balaban J connectivity index is 2.48.